The van der Waals surface area contributed by atoms with Gasteiger partial charge in [0.15, 0.2) is 0 Å². The van der Waals surface area contributed by atoms with Gasteiger partial charge in [0, 0.05) is 19.6 Å². The van der Waals surface area contributed by atoms with Crippen molar-refractivity contribution in [1.29, 1.82) is 0 Å². The number of ether oxygens (including phenoxy) is 1. The summed E-state index contributed by atoms with van der Waals surface area (Å²) < 4.78 is 43.1. The fourth-order valence-electron chi connectivity index (χ4n) is 3.57. The largest absolute Gasteiger partial charge is 0.471 e. The number of nitrogens with zero attached hydrogens (tertiary/aromatic N) is 2. The van der Waals surface area contributed by atoms with E-state index in [1.54, 1.807) is 0 Å². The molecule has 1 spiro atoms. The number of hydrogen-bond donors (Lipinski definition) is 0. The zero-order chi connectivity index (χ0) is 15.9. The summed E-state index contributed by atoms with van der Waals surface area (Å²) in [7, 11) is 0. The van der Waals surface area contributed by atoms with E-state index in [9.17, 15) is 18.0 Å². The van der Waals surface area contributed by atoms with Gasteiger partial charge >= 0.3 is 12.1 Å². The molecule has 1 amide bonds. The molecule has 2 saturated heterocycles. The number of rotatable bonds is 1. The topological polar surface area (TPSA) is 32.8 Å². The van der Waals surface area contributed by atoms with Crippen LogP contribution >= 0.6 is 0 Å². The maximum atomic E-state index is 12.5. The van der Waals surface area contributed by atoms with Gasteiger partial charge < -0.3 is 14.5 Å². The minimum atomic E-state index is -4.82. The monoisotopic (exact) mass is 308 g/mol. The van der Waals surface area contributed by atoms with Crippen molar-refractivity contribution in [3.05, 3.63) is 0 Å². The summed E-state index contributed by atoms with van der Waals surface area (Å²) in [5.74, 6) is -1.81. The SMILES string of the molecule is CCN1CC(C)(C)CC2(CCN(C(=O)C(F)(F)F)CO2)C1. The van der Waals surface area contributed by atoms with Gasteiger partial charge in [-0.2, -0.15) is 13.2 Å². The van der Waals surface area contributed by atoms with Crippen molar-refractivity contribution in [2.75, 3.05) is 32.9 Å². The Morgan fingerprint density at radius 1 is 1.29 bits per heavy atom. The van der Waals surface area contributed by atoms with Crippen molar-refractivity contribution < 1.29 is 22.7 Å². The molecule has 2 aliphatic heterocycles. The van der Waals surface area contributed by atoms with Gasteiger partial charge in [-0.15, -0.1) is 0 Å². The van der Waals surface area contributed by atoms with E-state index in [0.29, 0.717) is 6.42 Å². The number of alkyl halides is 3. The van der Waals surface area contributed by atoms with Crippen LogP contribution < -0.4 is 0 Å². The summed E-state index contributed by atoms with van der Waals surface area (Å²) in [6.07, 6.45) is -3.56. The number of piperidine rings is 1. The molecule has 2 heterocycles. The van der Waals surface area contributed by atoms with Crippen LogP contribution in [0, 0.1) is 5.41 Å². The summed E-state index contributed by atoms with van der Waals surface area (Å²) in [6, 6.07) is 0. The Bertz CT molecular complexity index is 402. The summed E-state index contributed by atoms with van der Waals surface area (Å²) in [5.41, 5.74) is -0.370. The molecule has 1 atom stereocenters. The van der Waals surface area contributed by atoms with Gasteiger partial charge in [-0.1, -0.05) is 20.8 Å². The lowest BCUT2D eigenvalue weighted by Crippen LogP contribution is -2.61. The van der Waals surface area contributed by atoms with Crippen LogP contribution in [0.3, 0.4) is 0 Å². The average molecular weight is 308 g/mol. The van der Waals surface area contributed by atoms with Crippen molar-refractivity contribution in [1.82, 2.24) is 9.80 Å². The van der Waals surface area contributed by atoms with Gasteiger partial charge in [-0.3, -0.25) is 4.79 Å². The van der Waals surface area contributed by atoms with Crippen LogP contribution in [0.25, 0.3) is 0 Å². The highest BCUT2D eigenvalue weighted by Gasteiger charge is 2.49. The molecule has 0 aliphatic carbocycles. The lowest BCUT2D eigenvalue weighted by atomic mass is 9.74. The summed E-state index contributed by atoms with van der Waals surface area (Å²) in [4.78, 5) is 14.3. The van der Waals surface area contributed by atoms with Gasteiger partial charge in [0.2, 0.25) is 0 Å². The van der Waals surface area contributed by atoms with Crippen LogP contribution in [-0.4, -0.2) is 60.4 Å². The molecule has 0 aromatic carbocycles. The Kier molecular flexibility index (Phi) is 4.28. The van der Waals surface area contributed by atoms with E-state index in [4.69, 9.17) is 4.74 Å². The highest BCUT2D eigenvalue weighted by molar-refractivity contribution is 5.81. The normalized spacial score (nSPS) is 30.7. The first-order valence-corrected chi connectivity index (χ1v) is 7.29. The first-order chi connectivity index (χ1) is 9.57. The Morgan fingerprint density at radius 3 is 2.43 bits per heavy atom. The van der Waals surface area contributed by atoms with Crippen LogP contribution in [0.2, 0.25) is 0 Å². The van der Waals surface area contributed by atoms with Crippen LogP contribution in [0.5, 0.6) is 0 Å². The summed E-state index contributed by atoms with van der Waals surface area (Å²) in [5, 5.41) is 0. The van der Waals surface area contributed by atoms with Gasteiger partial charge in [-0.25, -0.2) is 0 Å². The van der Waals surface area contributed by atoms with Crippen molar-refractivity contribution >= 4 is 5.91 Å². The Morgan fingerprint density at radius 2 is 1.95 bits per heavy atom. The van der Waals surface area contributed by atoms with E-state index >= 15 is 0 Å². The van der Waals surface area contributed by atoms with E-state index in [1.807, 2.05) is 0 Å². The molecule has 21 heavy (non-hydrogen) atoms. The standard InChI is InChI=1S/C14H23F3N2O2/c1-4-18-8-12(2,3)7-13(9-18)5-6-19(10-21-13)11(20)14(15,16)17/h4-10H2,1-3H3. The first kappa shape index (κ1) is 16.5. The minimum absolute atomic E-state index is 0.0600. The highest BCUT2D eigenvalue weighted by atomic mass is 19.4. The van der Waals surface area contributed by atoms with Crippen LogP contribution in [0.4, 0.5) is 13.2 Å². The maximum absolute atomic E-state index is 12.5. The Labute approximate surface area is 123 Å². The molecule has 0 aromatic heterocycles. The third-order valence-corrected chi connectivity index (χ3v) is 4.30. The fourth-order valence-corrected chi connectivity index (χ4v) is 3.57. The van der Waals surface area contributed by atoms with E-state index in [-0.39, 0.29) is 18.7 Å². The van der Waals surface area contributed by atoms with Crippen molar-refractivity contribution in [2.45, 2.75) is 45.4 Å². The molecular weight excluding hydrogens is 285 g/mol. The molecule has 4 nitrogen and oxygen atoms in total. The maximum Gasteiger partial charge on any atom is 0.471 e. The number of amides is 1. The molecule has 0 aromatic rings. The third kappa shape index (κ3) is 3.69. The molecule has 2 rings (SSSR count). The third-order valence-electron chi connectivity index (χ3n) is 4.30. The van der Waals surface area contributed by atoms with Gasteiger partial charge in [0.1, 0.15) is 6.73 Å². The first-order valence-electron chi connectivity index (χ1n) is 7.29. The van der Waals surface area contributed by atoms with Gasteiger partial charge in [0.05, 0.1) is 5.60 Å². The Balaban J connectivity index is 2.03. The zero-order valence-electron chi connectivity index (χ0n) is 12.8. The van der Waals surface area contributed by atoms with Crippen molar-refractivity contribution in [3.8, 4) is 0 Å². The second kappa shape index (κ2) is 5.43. The zero-order valence-corrected chi connectivity index (χ0v) is 12.8. The molecule has 2 fully saturated rings. The smallest absolute Gasteiger partial charge is 0.353 e. The quantitative estimate of drug-likeness (QED) is 0.745. The van der Waals surface area contributed by atoms with Crippen LogP contribution in [0.1, 0.15) is 33.6 Å². The molecule has 1 unspecified atom stereocenters. The minimum Gasteiger partial charge on any atom is -0.353 e. The second-order valence-electron chi connectivity index (χ2n) is 6.92. The van der Waals surface area contributed by atoms with Gasteiger partial charge in [0.25, 0.3) is 0 Å². The van der Waals surface area contributed by atoms with Gasteiger partial charge in [-0.05, 0) is 24.8 Å². The van der Waals surface area contributed by atoms with E-state index < -0.39 is 17.7 Å². The summed E-state index contributed by atoms with van der Waals surface area (Å²) in [6.45, 7) is 8.76. The lowest BCUT2D eigenvalue weighted by Gasteiger charge is -2.52. The molecule has 122 valence electrons. The molecule has 0 radical (unpaired) electrons. The number of carbonyl (C=O) groups excluding carboxylic acids is 1. The molecule has 0 saturated carbocycles. The number of carbonyl (C=O) groups is 1. The van der Waals surface area contributed by atoms with E-state index in [1.165, 1.54) is 0 Å². The van der Waals surface area contributed by atoms with Crippen LogP contribution in [0.15, 0.2) is 0 Å². The average Bonchev–Trinajstić information content (AvgIpc) is 2.35. The molecule has 0 bridgehead atoms. The molecular formula is C14H23F3N2O2. The van der Waals surface area contributed by atoms with Crippen LogP contribution in [-0.2, 0) is 9.53 Å². The highest BCUT2D eigenvalue weighted by Crippen LogP contribution is 2.40. The molecule has 0 N–H and O–H groups in total. The second-order valence-corrected chi connectivity index (χ2v) is 6.92. The van der Waals surface area contributed by atoms with Crippen molar-refractivity contribution in [3.63, 3.8) is 0 Å². The predicted octanol–water partition coefficient (Wildman–Crippen LogP) is 2.25. The summed E-state index contributed by atoms with van der Waals surface area (Å²) >= 11 is 0. The number of halogens is 3. The van der Waals surface area contributed by atoms with E-state index in [2.05, 4.69) is 25.7 Å². The van der Waals surface area contributed by atoms with E-state index in [0.717, 1.165) is 31.0 Å². The number of hydrogen-bond acceptors (Lipinski definition) is 3. The molecule has 2 aliphatic rings. The number of likely N-dealkylation sites (N-methyl/N-ethyl adjacent to an activating group) is 1. The fraction of sp³-hybridized carbons (Fsp3) is 0.929. The van der Waals surface area contributed by atoms with Crippen molar-refractivity contribution in [2.24, 2.45) is 5.41 Å². The molecule has 7 heteroatoms. The number of likely N-dealkylation sites (tertiary alicyclic amines) is 1. The lowest BCUT2D eigenvalue weighted by molar-refractivity contribution is -0.215. The predicted molar refractivity (Wildman–Crippen MR) is 71.6 cm³/mol. The Hall–Kier alpha value is -0.820.